The average Bonchev–Trinajstić information content (AvgIpc) is 2.78. The standard InChI is InChI=1S/C13H15ClF2N4/c1-3-20-13(9(14)6-18-20)12(19-17)8-4-7(2)10(15)5-11(8)16/h4-6,12,19H,3,17H2,1-2H3. The minimum atomic E-state index is -0.704. The molecule has 0 saturated heterocycles. The van der Waals surface area contributed by atoms with Crippen LogP contribution in [0.15, 0.2) is 18.3 Å². The molecule has 1 aromatic carbocycles. The van der Waals surface area contributed by atoms with Crippen LogP contribution in [0.3, 0.4) is 0 Å². The zero-order chi connectivity index (χ0) is 14.9. The molecule has 1 atom stereocenters. The second-order valence-corrected chi connectivity index (χ2v) is 4.82. The van der Waals surface area contributed by atoms with Gasteiger partial charge in [0, 0.05) is 18.2 Å². The summed E-state index contributed by atoms with van der Waals surface area (Å²) in [5.41, 5.74) is 3.62. The maximum absolute atomic E-state index is 14.0. The number of benzene rings is 1. The highest BCUT2D eigenvalue weighted by molar-refractivity contribution is 6.31. The lowest BCUT2D eigenvalue weighted by Gasteiger charge is -2.19. The van der Waals surface area contributed by atoms with E-state index in [9.17, 15) is 8.78 Å². The third-order valence-corrected chi connectivity index (χ3v) is 3.45. The Morgan fingerprint density at radius 1 is 1.40 bits per heavy atom. The number of hydrazine groups is 1. The molecule has 0 bridgehead atoms. The van der Waals surface area contributed by atoms with Crippen LogP contribution in [0.5, 0.6) is 0 Å². The lowest BCUT2D eigenvalue weighted by molar-refractivity contribution is 0.507. The van der Waals surface area contributed by atoms with Crippen LogP contribution in [0.1, 0.15) is 29.8 Å². The summed E-state index contributed by atoms with van der Waals surface area (Å²) in [7, 11) is 0. The molecular weight excluding hydrogens is 286 g/mol. The van der Waals surface area contributed by atoms with E-state index in [-0.39, 0.29) is 5.56 Å². The van der Waals surface area contributed by atoms with E-state index in [0.717, 1.165) is 6.07 Å². The van der Waals surface area contributed by atoms with Gasteiger partial charge in [-0.1, -0.05) is 11.6 Å². The van der Waals surface area contributed by atoms with E-state index in [1.165, 1.54) is 12.3 Å². The summed E-state index contributed by atoms with van der Waals surface area (Å²) in [4.78, 5) is 0. The van der Waals surface area contributed by atoms with Gasteiger partial charge in [-0.25, -0.2) is 14.2 Å². The van der Waals surface area contributed by atoms with Crippen molar-refractivity contribution in [1.29, 1.82) is 0 Å². The van der Waals surface area contributed by atoms with E-state index in [4.69, 9.17) is 17.4 Å². The highest BCUT2D eigenvalue weighted by Crippen LogP contribution is 2.30. The van der Waals surface area contributed by atoms with Gasteiger partial charge in [0.05, 0.1) is 23.0 Å². The molecule has 2 aromatic rings. The molecular formula is C13H15ClF2N4. The summed E-state index contributed by atoms with van der Waals surface area (Å²) in [5, 5.41) is 4.46. The van der Waals surface area contributed by atoms with Crippen molar-refractivity contribution in [2.45, 2.75) is 26.4 Å². The number of nitrogens with one attached hydrogen (secondary N) is 1. The smallest absolute Gasteiger partial charge is 0.131 e. The third kappa shape index (κ3) is 2.54. The van der Waals surface area contributed by atoms with Crippen LogP contribution in [0, 0.1) is 18.6 Å². The second kappa shape index (κ2) is 5.87. The lowest BCUT2D eigenvalue weighted by Crippen LogP contribution is -2.31. The summed E-state index contributed by atoms with van der Waals surface area (Å²) >= 11 is 6.10. The van der Waals surface area contributed by atoms with E-state index in [1.807, 2.05) is 6.92 Å². The first kappa shape index (κ1) is 14.9. The van der Waals surface area contributed by atoms with Crippen molar-refractivity contribution in [3.63, 3.8) is 0 Å². The Hall–Kier alpha value is -1.50. The minimum Gasteiger partial charge on any atom is -0.271 e. The number of hydrogen-bond donors (Lipinski definition) is 2. The zero-order valence-electron chi connectivity index (χ0n) is 11.1. The quantitative estimate of drug-likeness (QED) is 0.674. The van der Waals surface area contributed by atoms with Crippen LogP contribution >= 0.6 is 11.6 Å². The van der Waals surface area contributed by atoms with Crippen molar-refractivity contribution in [1.82, 2.24) is 15.2 Å². The van der Waals surface area contributed by atoms with Gasteiger partial charge in [0.1, 0.15) is 11.6 Å². The van der Waals surface area contributed by atoms with Gasteiger partial charge in [-0.3, -0.25) is 10.5 Å². The van der Waals surface area contributed by atoms with Crippen LogP contribution in [-0.2, 0) is 6.54 Å². The second-order valence-electron chi connectivity index (χ2n) is 4.42. The van der Waals surface area contributed by atoms with E-state index in [0.29, 0.717) is 22.8 Å². The number of hydrogen-bond acceptors (Lipinski definition) is 3. The molecule has 0 aliphatic rings. The first-order chi connectivity index (χ1) is 9.49. The fourth-order valence-corrected chi connectivity index (χ4v) is 2.38. The van der Waals surface area contributed by atoms with Crippen LogP contribution in [0.2, 0.25) is 5.02 Å². The number of rotatable bonds is 4. The summed E-state index contributed by atoms with van der Waals surface area (Å²) in [6.45, 7) is 4.00. The van der Waals surface area contributed by atoms with Gasteiger partial charge in [0.25, 0.3) is 0 Å². The van der Waals surface area contributed by atoms with Crippen molar-refractivity contribution in [2.75, 3.05) is 0 Å². The molecule has 0 amide bonds. The predicted molar refractivity (Wildman–Crippen MR) is 73.2 cm³/mol. The summed E-state index contributed by atoms with van der Waals surface area (Å²) in [6.07, 6.45) is 1.47. The van der Waals surface area contributed by atoms with Gasteiger partial charge in [0.15, 0.2) is 0 Å². The van der Waals surface area contributed by atoms with Crippen molar-refractivity contribution in [3.05, 3.63) is 51.8 Å². The first-order valence-electron chi connectivity index (χ1n) is 6.12. The number of nitrogens with zero attached hydrogens (tertiary/aromatic N) is 2. The van der Waals surface area contributed by atoms with Gasteiger partial charge in [0.2, 0.25) is 0 Å². The Balaban J connectivity index is 2.58. The zero-order valence-corrected chi connectivity index (χ0v) is 11.9. The Morgan fingerprint density at radius 3 is 2.70 bits per heavy atom. The molecule has 1 heterocycles. The molecule has 0 spiro atoms. The van der Waals surface area contributed by atoms with E-state index >= 15 is 0 Å². The Labute approximate surface area is 120 Å². The van der Waals surface area contributed by atoms with Gasteiger partial charge < -0.3 is 0 Å². The molecule has 0 aliphatic carbocycles. The van der Waals surface area contributed by atoms with Crippen LogP contribution in [0.4, 0.5) is 8.78 Å². The van der Waals surface area contributed by atoms with E-state index < -0.39 is 17.7 Å². The molecule has 4 nitrogen and oxygen atoms in total. The van der Waals surface area contributed by atoms with Crippen LogP contribution in [-0.4, -0.2) is 9.78 Å². The van der Waals surface area contributed by atoms with E-state index in [2.05, 4.69) is 10.5 Å². The van der Waals surface area contributed by atoms with Gasteiger partial charge in [-0.05, 0) is 25.5 Å². The molecule has 0 saturated carbocycles. The molecule has 0 radical (unpaired) electrons. The molecule has 2 rings (SSSR count). The molecule has 3 N–H and O–H groups in total. The third-order valence-electron chi connectivity index (χ3n) is 3.16. The molecule has 108 valence electrons. The van der Waals surface area contributed by atoms with E-state index in [1.54, 1.807) is 11.6 Å². The molecule has 20 heavy (non-hydrogen) atoms. The predicted octanol–water partition coefficient (Wildman–Crippen LogP) is 2.70. The fourth-order valence-electron chi connectivity index (χ4n) is 2.13. The highest BCUT2D eigenvalue weighted by Gasteiger charge is 2.24. The SMILES string of the molecule is CCn1ncc(Cl)c1C(NN)c1cc(C)c(F)cc1F. The lowest BCUT2D eigenvalue weighted by atomic mass is 10.0. The Morgan fingerprint density at radius 2 is 2.10 bits per heavy atom. The molecule has 0 fully saturated rings. The average molecular weight is 301 g/mol. The van der Waals surface area contributed by atoms with Gasteiger partial charge in [-0.15, -0.1) is 0 Å². The largest absolute Gasteiger partial charge is 0.271 e. The topological polar surface area (TPSA) is 55.9 Å². The number of aromatic nitrogens is 2. The van der Waals surface area contributed by atoms with Crippen molar-refractivity contribution >= 4 is 11.6 Å². The number of aryl methyl sites for hydroxylation is 2. The number of nitrogens with two attached hydrogens (primary N) is 1. The van der Waals surface area contributed by atoms with Crippen molar-refractivity contribution in [3.8, 4) is 0 Å². The van der Waals surface area contributed by atoms with Crippen LogP contribution in [0.25, 0.3) is 0 Å². The molecule has 1 unspecified atom stereocenters. The Bertz CT molecular complexity index is 627. The maximum Gasteiger partial charge on any atom is 0.131 e. The maximum atomic E-state index is 14.0. The van der Waals surface area contributed by atoms with Crippen molar-refractivity contribution in [2.24, 2.45) is 5.84 Å². The summed E-state index contributed by atoms with van der Waals surface area (Å²) in [6, 6.07) is 1.55. The van der Waals surface area contributed by atoms with Gasteiger partial charge in [-0.2, -0.15) is 5.10 Å². The molecule has 0 aliphatic heterocycles. The monoisotopic (exact) mass is 300 g/mol. The van der Waals surface area contributed by atoms with Crippen molar-refractivity contribution < 1.29 is 8.78 Å². The minimum absolute atomic E-state index is 0.225. The summed E-state index contributed by atoms with van der Waals surface area (Å²) in [5.74, 6) is 4.25. The first-order valence-corrected chi connectivity index (χ1v) is 6.50. The Kier molecular flexibility index (Phi) is 4.37. The van der Waals surface area contributed by atoms with Gasteiger partial charge >= 0.3 is 0 Å². The summed E-state index contributed by atoms with van der Waals surface area (Å²) < 4.78 is 29.0. The normalized spacial score (nSPS) is 12.7. The highest BCUT2D eigenvalue weighted by atomic mass is 35.5. The fraction of sp³-hybridized carbons (Fsp3) is 0.308. The van der Waals surface area contributed by atoms with Crippen LogP contribution < -0.4 is 11.3 Å². The molecule has 7 heteroatoms. The molecule has 1 aromatic heterocycles. The number of halogens is 3.